The van der Waals surface area contributed by atoms with Crippen LogP contribution in [0, 0.1) is 0 Å². The molecule has 0 aromatic rings. The summed E-state index contributed by atoms with van der Waals surface area (Å²) in [5.41, 5.74) is 11.0. The molecule has 5 N–H and O–H groups in total. The summed E-state index contributed by atoms with van der Waals surface area (Å²) < 4.78 is 0. The Morgan fingerprint density at radius 1 is 1.77 bits per heavy atom. The van der Waals surface area contributed by atoms with Gasteiger partial charge >= 0.3 is 0 Å². The lowest BCUT2D eigenvalue weighted by atomic mass is 10.0. The molecule has 0 aromatic carbocycles. The molecular weight excluding hydrogens is 168 g/mol. The van der Waals surface area contributed by atoms with Gasteiger partial charge in [-0.3, -0.25) is 4.99 Å². The molecular formula is C8H16N4O. The second-order valence-electron chi connectivity index (χ2n) is 3.27. The van der Waals surface area contributed by atoms with E-state index in [0.29, 0.717) is 18.4 Å². The molecule has 1 unspecified atom stereocenters. The molecule has 0 spiro atoms. The van der Waals surface area contributed by atoms with Crippen LogP contribution in [0.2, 0.25) is 0 Å². The van der Waals surface area contributed by atoms with E-state index in [1.165, 1.54) is 0 Å². The van der Waals surface area contributed by atoms with E-state index in [0.717, 1.165) is 25.7 Å². The van der Waals surface area contributed by atoms with Crippen molar-refractivity contribution < 1.29 is 4.79 Å². The number of rotatable bonds is 4. The summed E-state index contributed by atoms with van der Waals surface area (Å²) in [6.07, 6.45) is 3.32. The van der Waals surface area contributed by atoms with Crippen LogP contribution in [0.25, 0.3) is 0 Å². The third-order valence-corrected chi connectivity index (χ3v) is 2.13. The lowest BCUT2D eigenvalue weighted by molar-refractivity contribution is -0.109. The van der Waals surface area contributed by atoms with Crippen LogP contribution in [0.1, 0.15) is 19.3 Å². The quantitative estimate of drug-likeness (QED) is 0.487. The summed E-state index contributed by atoms with van der Waals surface area (Å²) in [4.78, 5) is 14.3. The Morgan fingerprint density at radius 3 is 3.15 bits per heavy atom. The number of hydrogen-bond donors (Lipinski definition) is 3. The van der Waals surface area contributed by atoms with Crippen molar-refractivity contribution in [3.05, 3.63) is 0 Å². The lowest BCUT2D eigenvalue weighted by Gasteiger charge is -2.22. The fourth-order valence-corrected chi connectivity index (χ4v) is 1.35. The maximum absolute atomic E-state index is 10.2. The highest BCUT2D eigenvalue weighted by molar-refractivity contribution is 5.78. The van der Waals surface area contributed by atoms with Crippen molar-refractivity contribution in [1.82, 2.24) is 5.32 Å². The van der Waals surface area contributed by atoms with E-state index in [1.807, 2.05) is 0 Å². The molecule has 0 radical (unpaired) electrons. The van der Waals surface area contributed by atoms with Crippen molar-refractivity contribution in [3.63, 3.8) is 0 Å². The maximum atomic E-state index is 10.2. The molecule has 5 nitrogen and oxygen atoms in total. The van der Waals surface area contributed by atoms with E-state index in [9.17, 15) is 4.79 Å². The van der Waals surface area contributed by atoms with Gasteiger partial charge in [0.15, 0.2) is 5.96 Å². The Bertz CT molecular complexity index is 204. The molecule has 0 saturated heterocycles. The van der Waals surface area contributed by atoms with Gasteiger partial charge in [-0.2, -0.15) is 0 Å². The first kappa shape index (κ1) is 9.98. The number of aliphatic imine (C=N–C) groups is 1. The van der Waals surface area contributed by atoms with Gasteiger partial charge < -0.3 is 21.6 Å². The van der Waals surface area contributed by atoms with Gasteiger partial charge in [-0.25, -0.2) is 0 Å². The number of guanidine groups is 1. The molecule has 1 aliphatic rings. The third kappa shape index (κ3) is 3.42. The monoisotopic (exact) mass is 184 g/mol. The first-order valence-corrected chi connectivity index (χ1v) is 4.49. The predicted molar refractivity (Wildman–Crippen MR) is 51.3 cm³/mol. The SMILES string of the molecule is NC1=NCCC(CC[C@H](N)C=O)N1. The van der Waals surface area contributed by atoms with Gasteiger partial charge in [-0.1, -0.05) is 0 Å². The van der Waals surface area contributed by atoms with E-state index in [2.05, 4.69) is 10.3 Å². The van der Waals surface area contributed by atoms with Crippen LogP contribution < -0.4 is 16.8 Å². The number of carbonyl (C=O) groups excluding carboxylic acids is 1. The molecule has 1 rings (SSSR count). The maximum Gasteiger partial charge on any atom is 0.188 e. The van der Waals surface area contributed by atoms with Crippen molar-refractivity contribution in [2.45, 2.75) is 31.3 Å². The summed E-state index contributed by atoms with van der Waals surface area (Å²) in [6.45, 7) is 0.764. The fraction of sp³-hybridized carbons (Fsp3) is 0.750. The minimum Gasteiger partial charge on any atom is -0.370 e. The highest BCUT2D eigenvalue weighted by Crippen LogP contribution is 2.06. The average Bonchev–Trinajstić information content (AvgIpc) is 2.14. The zero-order valence-corrected chi connectivity index (χ0v) is 7.57. The van der Waals surface area contributed by atoms with Gasteiger partial charge in [0.1, 0.15) is 6.29 Å². The molecule has 0 fully saturated rings. The van der Waals surface area contributed by atoms with Gasteiger partial charge in [0, 0.05) is 12.6 Å². The van der Waals surface area contributed by atoms with Crippen LogP contribution in [-0.2, 0) is 4.79 Å². The zero-order chi connectivity index (χ0) is 9.68. The molecule has 2 atom stereocenters. The number of nitrogens with one attached hydrogen (secondary N) is 1. The number of hydrogen-bond acceptors (Lipinski definition) is 5. The molecule has 1 aliphatic heterocycles. The van der Waals surface area contributed by atoms with Crippen LogP contribution in [0.4, 0.5) is 0 Å². The zero-order valence-electron chi connectivity index (χ0n) is 7.57. The Kier molecular flexibility index (Phi) is 3.70. The Hall–Kier alpha value is -1.10. The van der Waals surface area contributed by atoms with E-state index >= 15 is 0 Å². The summed E-state index contributed by atoms with van der Waals surface area (Å²) in [5.74, 6) is 0.496. The highest BCUT2D eigenvalue weighted by Gasteiger charge is 2.14. The van der Waals surface area contributed by atoms with E-state index < -0.39 is 0 Å². The molecule has 13 heavy (non-hydrogen) atoms. The molecule has 0 amide bonds. The first-order valence-electron chi connectivity index (χ1n) is 4.49. The van der Waals surface area contributed by atoms with E-state index in [4.69, 9.17) is 11.5 Å². The van der Waals surface area contributed by atoms with Gasteiger partial charge in [0.05, 0.1) is 6.04 Å². The van der Waals surface area contributed by atoms with Gasteiger partial charge in [0.25, 0.3) is 0 Å². The molecule has 74 valence electrons. The molecule has 0 aromatic heterocycles. The van der Waals surface area contributed by atoms with Gasteiger partial charge in [-0.05, 0) is 19.3 Å². The van der Waals surface area contributed by atoms with E-state index in [-0.39, 0.29) is 6.04 Å². The van der Waals surface area contributed by atoms with Gasteiger partial charge in [-0.15, -0.1) is 0 Å². The largest absolute Gasteiger partial charge is 0.370 e. The average molecular weight is 184 g/mol. The predicted octanol–water partition coefficient (Wildman–Crippen LogP) is -1.03. The van der Waals surface area contributed by atoms with Crippen LogP contribution in [0.5, 0.6) is 0 Å². The highest BCUT2D eigenvalue weighted by atomic mass is 16.1. The molecule has 0 aliphatic carbocycles. The third-order valence-electron chi connectivity index (χ3n) is 2.13. The molecule has 5 heteroatoms. The number of aldehydes is 1. The minimum atomic E-state index is -0.345. The Labute approximate surface area is 77.6 Å². The Balaban J connectivity index is 2.22. The summed E-state index contributed by atoms with van der Waals surface area (Å²) >= 11 is 0. The van der Waals surface area contributed by atoms with Crippen LogP contribution in [-0.4, -0.2) is 30.9 Å². The normalized spacial score (nSPS) is 24.4. The van der Waals surface area contributed by atoms with E-state index in [1.54, 1.807) is 0 Å². The number of nitrogens with two attached hydrogens (primary N) is 2. The van der Waals surface area contributed by atoms with Crippen LogP contribution in [0.15, 0.2) is 4.99 Å². The van der Waals surface area contributed by atoms with Crippen LogP contribution >= 0.6 is 0 Å². The Morgan fingerprint density at radius 2 is 2.54 bits per heavy atom. The van der Waals surface area contributed by atoms with Gasteiger partial charge in [0.2, 0.25) is 0 Å². The molecule has 0 saturated carbocycles. The summed E-state index contributed by atoms with van der Waals surface area (Å²) in [5, 5.41) is 3.05. The lowest BCUT2D eigenvalue weighted by Crippen LogP contribution is -2.44. The van der Waals surface area contributed by atoms with Crippen molar-refractivity contribution in [3.8, 4) is 0 Å². The topological polar surface area (TPSA) is 93.5 Å². The van der Waals surface area contributed by atoms with Crippen molar-refractivity contribution in [2.24, 2.45) is 16.5 Å². The van der Waals surface area contributed by atoms with Crippen molar-refractivity contribution in [2.75, 3.05) is 6.54 Å². The summed E-state index contributed by atoms with van der Waals surface area (Å²) in [6, 6.07) is -0.0228. The second kappa shape index (κ2) is 4.81. The smallest absolute Gasteiger partial charge is 0.188 e. The molecule has 0 bridgehead atoms. The molecule has 1 heterocycles. The second-order valence-corrected chi connectivity index (χ2v) is 3.27. The van der Waals surface area contributed by atoms with Crippen molar-refractivity contribution >= 4 is 12.2 Å². The summed E-state index contributed by atoms with van der Waals surface area (Å²) in [7, 11) is 0. The number of nitrogens with zero attached hydrogens (tertiary/aromatic N) is 1. The standard InChI is InChI=1S/C8H16N4O/c9-6(5-13)1-2-7-3-4-11-8(10)12-7/h5-7H,1-4,9H2,(H3,10,11,12)/t6-,7?/m0/s1. The van der Waals surface area contributed by atoms with Crippen LogP contribution in [0.3, 0.4) is 0 Å². The minimum absolute atomic E-state index is 0.323. The number of carbonyl (C=O) groups is 1. The fourth-order valence-electron chi connectivity index (χ4n) is 1.35. The first-order chi connectivity index (χ1) is 6.22. The van der Waals surface area contributed by atoms with Crippen molar-refractivity contribution in [1.29, 1.82) is 0 Å².